The summed E-state index contributed by atoms with van der Waals surface area (Å²) in [5.41, 5.74) is 4.37. The van der Waals surface area contributed by atoms with Crippen LogP contribution < -0.4 is 14.9 Å². The molecular weight excluding hydrogens is 386 g/mol. The van der Waals surface area contributed by atoms with E-state index in [2.05, 4.69) is 22.2 Å². The van der Waals surface area contributed by atoms with Crippen molar-refractivity contribution in [1.82, 2.24) is 5.43 Å². The standard InChI is InChI=1S/C20H22F2N2O3S/c1-3-12-5-7-17-14(8-12)10-18(28-17)19(25)24-23-11-13-4-6-15(27-20(21)22)16(9-13)26-2/h4,6,9-12,20H,3,5,7-8H2,1-2H3,(H,24,25)/b23-11-/t12-/m1/s1. The number of hydrazone groups is 1. The predicted molar refractivity (Wildman–Crippen MR) is 105 cm³/mol. The number of aryl methyl sites for hydroxylation is 1. The quantitative estimate of drug-likeness (QED) is 0.536. The van der Waals surface area contributed by atoms with Crippen molar-refractivity contribution < 1.29 is 23.0 Å². The average Bonchev–Trinajstić information content (AvgIpc) is 3.11. The summed E-state index contributed by atoms with van der Waals surface area (Å²) in [4.78, 5) is 14.3. The highest BCUT2D eigenvalue weighted by Gasteiger charge is 2.21. The molecular formula is C20H22F2N2O3S. The molecule has 2 aromatic rings. The van der Waals surface area contributed by atoms with Gasteiger partial charge in [0.15, 0.2) is 11.5 Å². The number of halogens is 2. The number of amides is 1. The van der Waals surface area contributed by atoms with Gasteiger partial charge in [0.05, 0.1) is 18.2 Å². The van der Waals surface area contributed by atoms with Crippen LogP contribution in [-0.4, -0.2) is 25.8 Å². The molecule has 0 spiro atoms. The molecule has 0 saturated heterocycles. The fourth-order valence-corrected chi connectivity index (χ4v) is 4.34. The fourth-order valence-electron chi connectivity index (χ4n) is 3.24. The first-order chi connectivity index (χ1) is 13.5. The summed E-state index contributed by atoms with van der Waals surface area (Å²) >= 11 is 1.52. The molecule has 8 heteroatoms. The largest absolute Gasteiger partial charge is 0.493 e. The van der Waals surface area contributed by atoms with Crippen molar-refractivity contribution in [3.05, 3.63) is 45.1 Å². The molecule has 0 aliphatic heterocycles. The van der Waals surface area contributed by atoms with E-state index in [1.807, 2.05) is 6.07 Å². The van der Waals surface area contributed by atoms with Crippen LogP contribution in [0.1, 0.15) is 45.4 Å². The first kappa shape index (κ1) is 20.3. The van der Waals surface area contributed by atoms with E-state index in [1.54, 1.807) is 6.07 Å². The lowest BCUT2D eigenvalue weighted by Crippen LogP contribution is -2.16. The van der Waals surface area contributed by atoms with Gasteiger partial charge in [-0.25, -0.2) is 5.43 Å². The van der Waals surface area contributed by atoms with E-state index >= 15 is 0 Å². The summed E-state index contributed by atoms with van der Waals surface area (Å²) in [5.74, 6) is 0.538. The highest BCUT2D eigenvalue weighted by atomic mass is 32.1. The molecule has 0 radical (unpaired) electrons. The molecule has 0 unspecified atom stereocenters. The van der Waals surface area contributed by atoms with Crippen LogP contribution in [0.2, 0.25) is 0 Å². The van der Waals surface area contributed by atoms with Gasteiger partial charge in [0.2, 0.25) is 0 Å². The third-order valence-electron chi connectivity index (χ3n) is 4.77. The maximum Gasteiger partial charge on any atom is 0.387 e. The summed E-state index contributed by atoms with van der Waals surface area (Å²) in [6.45, 7) is -0.733. The van der Waals surface area contributed by atoms with Gasteiger partial charge >= 0.3 is 6.61 Å². The highest BCUT2D eigenvalue weighted by molar-refractivity contribution is 7.14. The van der Waals surface area contributed by atoms with Gasteiger partial charge in [-0.2, -0.15) is 13.9 Å². The normalized spacial score (nSPS) is 16.2. The van der Waals surface area contributed by atoms with Crippen LogP contribution >= 0.6 is 11.3 Å². The van der Waals surface area contributed by atoms with Crippen molar-refractivity contribution in [2.75, 3.05) is 7.11 Å². The first-order valence-corrected chi connectivity index (χ1v) is 9.89. The molecule has 1 amide bonds. The number of methoxy groups -OCH3 is 1. The molecule has 0 saturated carbocycles. The summed E-state index contributed by atoms with van der Waals surface area (Å²) < 4.78 is 34.2. The number of hydrogen-bond acceptors (Lipinski definition) is 5. The van der Waals surface area contributed by atoms with Crippen molar-refractivity contribution in [2.45, 2.75) is 39.2 Å². The maximum atomic E-state index is 12.4. The molecule has 1 atom stereocenters. The maximum absolute atomic E-state index is 12.4. The van der Waals surface area contributed by atoms with Crippen molar-refractivity contribution in [3.63, 3.8) is 0 Å². The average molecular weight is 408 g/mol. The van der Waals surface area contributed by atoms with Gasteiger partial charge in [0.25, 0.3) is 5.91 Å². The van der Waals surface area contributed by atoms with Crippen LogP contribution in [0.4, 0.5) is 8.78 Å². The second kappa shape index (κ2) is 9.14. The van der Waals surface area contributed by atoms with Crippen LogP contribution in [0, 0.1) is 5.92 Å². The zero-order valence-corrected chi connectivity index (χ0v) is 16.5. The molecule has 1 aromatic carbocycles. The fraction of sp³-hybridized carbons (Fsp3) is 0.400. The molecule has 0 fully saturated rings. The van der Waals surface area contributed by atoms with Crippen molar-refractivity contribution in [3.8, 4) is 11.5 Å². The molecule has 5 nitrogen and oxygen atoms in total. The van der Waals surface area contributed by atoms with Gasteiger partial charge in [0.1, 0.15) is 0 Å². The van der Waals surface area contributed by atoms with E-state index in [0.717, 1.165) is 19.3 Å². The van der Waals surface area contributed by atoms with Crippen molar-refractivity contribution in [1.29, 1.82) is 0 Å². The van der Waals surface area contributed by atoms with Crippen LogP contribution in [0.15, 0.2) is 29.4 Å². The van der Waals surface area contributed by atoms with E-state index in [4.69, 9.17) is 4.74 Å². The molecule has 1 aliphatic rings. The molecule has 1 aliphatic carbocycles. The number of ether oxygens (including phenoxy) is 2. The molecule has 28 heavy (non-hydrogen) atoms. The molecule has 3 rings (SSSR count). The third kappa shape index (κ3) is 4.86. The lowest BCUT2D eigenvalue weighted by atomic mass is 9.87. The van der Waals surface area contributed by atoms with Gasteiger partial charge in [-0.15, -0.1) is 11.3 Å². The van der Waals surface area contributed by atoms with Gasteiger partial charge < -0.3 is 9.47 Å². The second-order valence-corrected chi connectivity index (χ2v) is 7.70. The summed E-state index contributed by atoms with van der Waals surface area (Å²) in [6, 6.07) is 6.38. The van der Waals surface area contributed by atoms with Crippen LogP contribution in [0.25, 0.3) is 0 Å². The highest BCUT2D eigenvalue weighted by Crippen LogP contribution is 2.33. The predicted octanol–water partition coefficient (Wildman–Crippen LogP) is 4.64. The molecule has 1 N–H and O–H groups in total. The Morgan fingerprint density at radius 1 is 1.39 bits per heavy atom. The van der Waals surface area contributed by atoms with E-state index in [-0.39, 0.29) is 17.4 Å². The summed E-state index contributed by atoms with van der Waals surface area (Å²) in [7, 11) is 1.36. The number of benzene rings is 1. The molecule has 150 valence electrons. The Balaban J connectivity index is 1.63. The Morgan fingerprint density at radius 3 is 2.93 bits per heavy atom. The molecule has 0 bridgehead atoms. The zero-order valence-electron chi connectivity index (χ0n) is 15.7. The van der Waals surface area contributed by atoms with Crippen molar-refractivity contribution >= 4 is 23.5 Å². The number of rotatable bonds is 7. The van der Waals surface area contributed by atoms with E-state index in [0.29, 0.717) is 16.4 Å². The van der Waals surface area contributed by atoms with Gasteiger partial charge in [-0.05, 0) is 60.6 Å². The number of hydrogen-bond donors (Lipinski definition) is 1. The van der Waals surface area contributed by atoms with Crippen molar-refractivity contribution in [2.24, 2.45) is 11.0 Å². The Bertz CT molecular complexity index is 867. The summed E-state index contributed by atoms with van der Waals surface area (Å²) in [6.07, 6.45) is 5.82. The SMILES string of the molecule is CC[C@@H]1CCc2sc(C(=O)N/N=C\c3ccc(OC(F)F)c(OC)c3)cc2C1. The monoisotopic (exact) mass is 408 g/mol. The minimum absolute atomic E-state index is 0.0618. The Kier molecular flexibility index (Phi) is 6.61. The Hall–Kier alpha value is -2.48. The van der Waals surface area contributed by atoms with Gasteiger partial charge in [0, 0.05) is 4.88 Å². The topological polar surface area (TPSA) is 59.9 Å². The second-order valence-electron chi connectivity index (χ2n) is 6.56. The zero-order chi connectivity index (χ0) is 20.1. The smallest absolute Gasteiger partial charge is 0.387 e. The van der Waals surface area contributed by atoms with E-state index in [1.165, 1.54) is 53.7 Å². The number of nitrogens with one attached hydrogen (secondary N) is 1. The number of carbonyl (C=O) groups is 1. The Morgan fingerprint density at radius 2 is 2.21 bits per heavy atom. The van der Waals surface area contributed by atoms with Crippen LogP contribution in [0.3, 0.4) is 0 Å². The number of fused-ring (bicyclic) bond motifs is 1. The number of thiophene rings is 1. The Labute approximate surface area is 166 Å². The van der Waals surface area contributed by atoms with Crippen LogP contribution in [-0.2, 0) is 12.8 Å². The third-order valence-corrected chi connectivity index (χ3v) is 6.01. The number of carbonyl (C=O) groups excluding carboxylic acids is 1. The number of alkyl halides is 2. The first-order valence-electron chi connectivity index (χ1n) is 9.08. The minimum Gasteiger partial charge on any atom is -0.493 e. The minimum atomic E-state index is -2.93. The lowest BCUT2D eigenvalue weighted by Gasteiger charge is -2.19. The lowest BCUT2D eigenvalue weighted by molar-refractivity contribution is -0.0512. The van der Waals surface area contributed by atoms with Gasteiger partial charge in [-0.1, -0.05) is 13.3 Å². The molecule has 1 aromatic heterocycles. The molecule has 1 heterocycles. The summed E-state index contributed by atoms with van der Waals surface area (Å²) in [5, 5.41) is 3.96. The van der Waals surface area contributed by atoms with Gasteiger partial charge in [-0.3, -0.25) is 4.79 Å². The van der Waals surface area contributed by atoms with E-state index in [9.17, 15) is 13.6 Å². The van der Waals surface area contributed by atoms with Crippen LogP contribution in [0.5, 0.6) is 11.5 Å². The number of nitrogens with zero attached hydrogens (tertiary/aromatic N) is 1. The van der Waals surface area contributed by atoms with E-state index < -0.39 is 6.61 Å².